The van der Waals surface area contributed by atoms with Crippen LogP contribution in [0.15, 0.2) is 11.3 Å². The van der Waals surface area contributed by atoms with Crippen LogP contribution in [0.2, 0.25) is 0 Å². The molecule has 2 nitrogen and oxygen atoms in total. The predicted molar refractivity (Wildman–Crippen MR) is 29.5 cm³/mol. The third-order valence-corrected chi connectivity index (χ3v) is 1.27. The zero-order valence-electron chi connectivity index (χ0n) is 4.71. The molecule has 0 atom stereocenters. The van der Waals surface area contributed by atoms with Crippen LogP contribution >= 0.6 is 0 Å². The van der Waals surface area contributed by atoms with Gasteiger partial charge in [-0.15, -0.1) is 0 Å². The first-order chi connectivity index (χ1) is 3.30. The zero-order chi connectivity index (χ0) is 5.28. The van der Waals surface area contributed by atoms with Gasteiger partial charge in [-0.1, -0.05) is 0 Å². The van der Waals surface area contributed by atoms with Gasteiger partial charge < -0.3 is 5.43 Å². The van der Waals surface area contributed by atoms with E-state index in [0.717, 1.165) is 6.54 Å². The summed E-state index contributed by atoms with van der Waals surface area (Å²) in [6.45, 7) is 5.17. The molecule has 0 aromatic rings. The molecule has 0 aliphatic carbocycles. The summed E-state index contributed by atoms with van der Waals surface area (Å²) in [5.41, 5.74) is 8.66. The fourth-order valence-electron chi connectivity index (χ4n) is 0.549. The number of allylic oxidation sites excluding steroid dienone is 1. The molecule has 0 aromatic carbocycles. The molecular weight excluding hydrogens is 88.1 g/mol. The van der Waals surface area contributed by atoms with E-state index in [2.05, 4.69) is 24.7 Å². The lowest BCUT2D eigenvalue weighted by molar-refractivity contribution is 0.697. The average Bonchev–Trinajstić information content (AvgIpc) is 1.91. The lowest BCUT2D eigenvalue weighted by Crippen LogP contribution is -2.22. The first kappa shape index (κ1) is 4.65. The van der Waals surface area contributed by atoms with Gasteiger partial charge in [0.05, 0.1) is 0 Å². The van der Waals surface area contributed by atoms with Crippen LogP contribution in [0.3, 0.4) is 0 Å². The number of nitrogens with one attached hydrogen (secondary N) is 2. The van der Waals surface area contributed by atoms with E-state index in [-0.39, 0.29) is 0 Å². The van der Waals surface area contributed by atoms with Gasteiger partial charge in [-0.25, -0.2) is 5.43 Å². The summed E-state index contributed by atoms with van der Waals surface area (Å²) in [6.07, 6.45) is 0. The molecule has 7 heavy (non-hydrogen) atoms. The first-order valence-corrected chi connectivity index (χ1v) is 2.46. The molecule has 1 rings (SSSR count). The third-order valence-electron chi connectivity index (χ3n) is 1.27. The Balaban J connectivity index is 2.64. The summed E-state index contributed by atoms with van der Waals surface area (Å²) in [7, 11) is 0. The van der Waals surface area contributed by atoms with Crippen LogP contribution in [0.4, 0.5) is 0 Å². The van der Waals surface area contributed by atoms with E-state index in [1.54, 1.807) is 0 Å². The van der Waals surface area contributed by atoms with E-state index < -0.39 is 0 Å². The minimum atomic E-state index is 0.992. The normalized spacial score (nSPS) is 20.3. The van der Waals surface area contributed by atoms with Crippen LogP contribution in [0.5, 0.6) is 0 Å². The second kappa shape index (κ2) is 1.54. The molecule has 40 valence electrons. The number of rotatable bonds is 0. The van der Waals surface area contributed by atoms with E-state index in [4.69, 9.17) is 0 Å². The largest absolute Gasteiger partial charge is 0.326 e. The van der Waals surface area contributed by atoms with E-state index in [0.29, 0.717) is 0 Å². The second-order valence-electron chi connectivity index (χ2n) is 1.88. The Morgan fingerprint density at radius 2 is 2.14 bits per heavy atom. The number of hydrogen-bond acceptors (Lipinski definition) is 2. The summed E-state index contributed by atoms with van der Waals surface area (Å²) in [4.78, 5) is 0. The Kier molecular flexibility index (Phi) is 1.02. The smallest absolute Gasteiger partial charge is 0.0375 e. The molecule has 0 radical (unpaired) electrons. The molecule has 0 fully saturated rings. The lowest BCUT2D eigenvalue weighted by atomic mass is 10.3. The molecule has 0 bridgehead atoms. The van der Waals surface area contributed by atoms with Crippen molar-refractivity contribution in [2.45, 2.75) is 13.8 Å². The van der Waals surface area contributed by atoms with Crippen LogP contribution in [-0.4, -0.2) is 6.54 Å². The Bertz CT molecular complexity index is 92.6. The van der Waals surface area contributed by atoms with Gasteiger partial charge in [0, 0.05) is 12.2 Å². The van der Waals surface area contributed by atoms with Crippen LogP contribution in [0, 0.1) is 0 Å². The molecule has 0 saturated heterocycles. The molecule has 2 N–H and O–H groups in total. The maximum Gasteiger partial charge on any atom is 0.0375 e. The van der Waals surface area contributed by atoms with Crippen molar-refractivity contribution in [2.24, 2.45) is 0 Å². The third kappa shape index (κ3) is 0.747. The SMILES string of the molecule is CC1=C(C)NNC1. The van der Waals surface area contributed by atoms with Crippen LogP contribution < -0.4 is 10.9 Å². The van der Waals surface area contributed by atoms with Gasteiger partial charge in [0.25, 0.3) is 0 Å². The van der Waals surface area contributed by atoms with E-state index in [9.17, 15) is 0 Å². The van der Waals surface area contributed by atoms with E-state index in [1.807, 2.05) is 0 Å². The Labute approximate surface area is 43.6 Å². The second-order valence-corrected chi connectivity index (χ2v) is 1.88. The average molecular weight is 98.1 g/mol. The van der Waals surface area contributed by atoms with Gasteiger partial charge in [-0.3, -0.25) is 0 Å². The van der Waals surface area contributed by atoms with Gasteiger partial charge in [-0.05, 0) is 19.4 Å². The molecule has 0 unspecified atom stereocenters. The summed E-state index contributed by atoms with van der Waals surface area (Å²) in [5.74, 6) is 0. The fourth-order valence-corrected chi connectivity index (χ4v) is 0.549. The zero-order valence-corrected chi connectivity index (χ0v) is 4.71. The summed E-state index contributed by atoms with van der Waals surface area (Å²) >= 11 is 0. The molecule has 0 spiro atoms. The first-order valence-electron chi connectivity index (χ1n) is 2.46. The fraction of sp³-hybridized carbons (Fsp3) is 0.600. The molecular formula is C5H10N2. The highest BCUT2D eigenvalue weighted by atomic mass is 15.4. The quantitative estimate of drug-likeness (QED) is 0.458. The summed E-state index contributed by atoms with van der Waals surface area (Å²) in [5, 5.41) is 0. The van der Waals surface area contributed by atoms with Gasteiger partial charge in [-0.2, -0.15) is 0 Å². The highest BCUT2D eigenvalue weighted by Gasteiger charge is 2.01. The summed E-state index contributed by atoms with van der Waals surface area (Å²) in [6, 6.07) is 0. The van der Waals surface area contributed by atoms with Gasteiger partial charge in [0.1, 0.15) is 0 Å². The molecule has 1 heterocycles. The number of hydrogen-bond donors (Lipinski definition) is 2. The van der Waals surface area contributed by atoms with Gasteiger partial charge in [0.2, 0.25) is 0 Å². The Hall–Kier alpha value is -0.500. The molecule has 1 aliphatic heterocycles. The van der Waals surface area contributed by atoms with Gasteiger partial charge >= 0.3 is 0 Å². The van der Waals surface area contributed by atoms with Crippen molar-refractivity contribution in [3.05, 3.63) is 11.3 Å². The minimum Gasteiger partial charge on any atom is -0.326 e. The molecule has 0 amide bonds. The van der Waals surface area contributed by atoms with Crippen molar-refractivity contribution < 1.29 is 0 Å². The minimum absolute atomic E-state index is 0.992. The van der Waals surface area contributed by atoms with Gasteiger partial charge in [0.15, 0.2) is 0 Å². The van der Waals surface area contributed by atoms with Crippen molar-refractivity contribution in [3.8, 4) is 0 Å². The van der Waals surface area contributed by atoms with Crippen LogP contribution in [-0.2, 0) is 0 Å². The van der Waals surface area contributed by atoms with Crippen molar-refractivity contribution in [2.75, 3.05) is 6.54 Å². The molecule has 1 aliphatic rings. The highest BCUT2D eigenvalue weighted by molar-refractivity contribution is 5.12. The Morgan fingerprint density at radius 3 is 2.29 bits per heavy atom. The monoisotopic (exact) mass is 98.1 g/mol. The molecule has 0 saturated carbocycles. The highest BCUT2D eigenvalue weighted by Crippen LogP contribution is 2.00. The predicted octanol–water partition coefficient (Wildman–Crippen LogP) is 0.388. The molecule has 2 heteroatoms. The lowest BCUT2D eigenvalue weighted by Gasteiger charge is -1.91. The maximum atomic E-state index is 3.00. The Morgan fingerprint density at radius 1 is 1.43 bits per heavy atom. The van der Waals surface area contributed by atoms with Crippen LogP contribution in [0.1, 0.15) is 13.8 Å². The van der Waals surface area contributed by atoms with E-state index >= 15 is 0 Å². The van der Waals surface area contributed by atoms with Crippen molar-refractivity contribution in [1.29, 1.82) is 0 Å². The van der Waals surface area contributed by atoms with Crippen LogP contribution in [0.25, 0.3) is 0 Å². The summed E-state index contributed by atoms with van der Waals surface area (Å²) < 4.78 is 0. The van der Waals surface area contributed by atoms with Crippen molar-refractivity contribution in [3.63, 3.8) is 0 Å². The number of hydrazine groups is 1. The van der Waals surface area contributed by atoms with E-state index in [1.165, 1.54) is 11.3 Å². The maximum absolute atomic E-state index is 3.00. The van der Waals surface area contributed by atoms with Crippen molar-refractivity contribution in [1.82, 2.24) is 10.9 Å². The standard InChI is InChI=1S/C5H10N2/c1-4-3-6-7-5(4)2/h6-7H,3H2,1-2H3. The van der Waals surface area contributed by atoms with Crippen molar-refractivity contribution >= 4 is 0 Å². The molecule has 0 aromatic heterocycles. The topological polar surface area (TPSA) is 24.1 Å².